The standard InChI is InChI=1S/C15H20F4N2/c1-3-10-9-21(11(4-2)8-20-10)12-5-6-14(16)13(7-12)15(17,18)19/h5-7,10-11,20H,3-4,8-9H2,1-2H3. The maximum absolute atomic E-state index is 13.4. The Labute approximate surface area is 122 Å². The lowest BCUT2D eigenvalue weighted by Crippen LogP contribution is -2.56. The van der Waals surface area contributed by atoms with Crippen LogP contribution < -0.4 is 10.2 Å². The molecule has 2 rings (SSSR count). The zero-order valence-corrected chi connectivity index (χ0v) is 12.2. The van der Waals surface area contributed by atoms with Crippen molar-refractivity contribution in [1.29, 1.82) is 0 Å². The summed E-state index contributed by atoms with van der Waals surface area (Å²) in [6.45, 7) is 5.40. The van der Waals surface area contributed by atoms with Crippen LogP contribution in [0.3, 0.4) is 0 Å². The number of piperazine rings is 1. The Morgan fingerprint density at radius 3 is 2.52 bits per heavy atom. The van der Waals surface area contributed by atoms with E-state index < -0.39 is 17.6 Å². The first-order valence-electron chi connectivity index (χ1n) is 7.23. The van der Waals surface area contributed by atoms with Crippen molar-refractivity contribution in [2.75, 3.05) is 18.0 Å². The third kappa shape index (κ3) is 3.48. The zero-order chi connectivity index (χ0) is 15.6. The number of hydrogen-bond donors (Lipinski definition) is 1. The molecule has 0 aromatic heterocycles. The maximum atomic E-state index is 13.4. The lowest BCUT2D eigenvalue weighted by molar-refractivity contribution is -0.139. The van der Waals surface area contributed by atoms with Gasteiger partial charge in [0.05, 0.1) is 5.56 Å². The molecule has 1 aromatic carbocycles. The zero-order valence-electron chi connectivity index (χ0n) is 12.2. The lowest BCUT2D eigenvalue weighted by Gasteiger charge is -2.41. The maximum Gasteiger partial charge on any atom is 0.419 e. The third-order valence-corrected chi connectivity index (χ3v) is 4.05. The molecule has 21 heavy (non-hydrogen) atoms. The van der Waals surface area contributed by atoms with Crippen molar-refractivity contribution in [3.63, 3.8) is 0 Å². The topological polar surface area (TPSA) is 15.3 Å². The molecule has 1 aromatic rings. The van der Waals surface area contributed by atoms with Gasteiger partial charge in [-0.1, -0.05) is 13.8 Å². The summed E-state index contributed by atoms with van der Waals surface area (Å²) in [5.41, 5.74) is -0.753. The molecule has 2 nitrogen and oxygen atoms in total. The van der Waals surface area contributed by atoms with Crippen LogP contribution >= 0.6 is 0 Å². The second-order valence-electron chi connectivity index (χ2n) is 5.39. The monoisotopic (exact) mass is 304 g/mol. The van der Waals surface area contributed by atoms with Gasteiger partial charge in [0.1, 0.15) is 5.82 Å². The van der Waals surface area contributed by atoms with Crippen LogP contribution in [0.25, 0.3) is 0 Å². The molecular formula is C15H20F4N2. The van der Waals surface area contributed by atoms with Crippen LogP contribution in [-0.2, 0) is 6.18 Å². The van der Waals surface area contributed by atoms with Crippen molar-refractivity contribution in [2.24, 2.45) is 0 Å². The normalized spacial score (nSPS) is 23.4. The lowest BCUT2D eigenvalue weighted by atomic mass is 10.0. The van der Waals surface area contributed by atoms with Crippen molar-refractivity contribution in [3.05, 3.63) is 29.6 Å². The minimum atomic E-state index is -4.67. The van der Waals surface area contributed by atoms with Gasteiger partial charge in [-0.25, -0.2) is 4.39 Å². The predicted octanol–water partition coefficient (Wildman–Crippen LogP) is 3.81. The van der Waals surface area contributed by atoms with Crippen molar-refractivity contribution in [2.45, 2.75) is 44.9 Å². The Morgan fingerprint density at radius 2 is 1.95 bits per heavy atom. The van der Waals surface area contributed by atoms with Crippen LogP contribution in [0.1, 0.15) is 32.3 Å². The van der Waals surface area contributed by atoms with Crippen molar-refractivity contribution >= 4 is 5.69 Å². The first-order valence-corrected chi connectivity index (χ1v) is 7.23. The van der Waals surface area contributed by atoms with Gasteiger partial charge >= 0.3 is 6.18 Å². The van der Waals surface area contributed by atoms with Gasteiger partial charge in [0.15, 0.2) is 0 Å². The van der Waals surface area contributed by atoms with Crippen molar-refractivity contribution in [3.8, 4) is 0 Å². The molecule has 0 spiro atoms. The van der Waals surface area contributed by atoms with E-state index in [1.165, 1.54) is 6.07 Å². The smallest absolute Gasteiger partial charge is 0.366 e. The highest BCUT2D eigenvalue weighted by Gasteiger charge is 2.35. The van der Waals surface area contributed by atoms with Gasteiger partial charge < -0.3 is 10.2 Å². The second-order valence-corrected chi connectivity index (χ2v) is 5.39. The molecule has 0 amide bonds. The van der Waals surface area contributed by atoms with E-state index in [1.54, 1.807) is 0 Å². The third-order valence-electron chi connectivity index (χ3n) is 4.05. The number of alkyl halides is 3. The summed E-state index contributed by atoms with van der Waals surface area (Å²) in [6.07, 6.45) is -2.94. The van der Waals surface area contributed by atoms with Gasteiger partial charge in [-0.15, -0.1) is 0 Å². The van der Waals surface area contributed by atoms with Crippen LogP contribution in [0.4, 0.5) is 23.2 Å². The van der Waals surface area contributed by atoms with E-state index in [2.05, 4.69) is 5.32 Å². The number of hydrogen-bond acceptors (Lipinski definition) is 2. The SMILES string of the molecule is CCC1CN(c2ccc(F)c(C(F)(F)F)c2)C(CC)CN1. The highest BCUT2D eigenvalue weighted by atomic mass is 19.4. The quantitative estimate of drug-likeness (QED) is 0.854. The number of nitrogens with one attached hydrogen (secondary N) is 1. The van der Waals surface area contributed by atoms with Gasteiger partial charge in [-0.3, -0.25) is 0 Å². The molecule has 1 saturated heterocycles. The van der Waals surface area contributed by atoms with Crippen LogP contribution in [0.2, 0.25) is 0 Å². The van der Waals surface area contributed by atoms with Gasteiger partial charge in [0.25, 0.3) is 0 Å². The molecule has 6 heteroatoms. The molecule has 0 saturated carbocycles. The molecule has 1 aliphatic rings. The van der Waals surface area contributed by atoms with E-state index >= 15 is 0 Å². The Balaban J connectivity index is 2.34. The predicted molar refractivity (Wildman–Crippen MR) is 74.9 cm³/mol. The van der Waals surface area contributed by atoms with E-state index in [1.807, 2.05) is 18.7 Å². The van der Waals surface area contributed by atoms with E-state index in [0.717, 1.165) is 31.5 Å². The highest BCUT2D eigenvalue weighted by Crippen LogP contribution is 2.34. The number of halogens is 4. The average molecular weight is 304 g/mol. The Hall–Kier alpha value is -1.30. The molecule has 0 radical (unpaired) electrons. The second kappa shape index (κ2) is 6.22. The van der Waals surface area contributed by atoms with E-state index in [-0.39, 0.29) is 12.1 Å². The Morgan fingerprint density at radius 1 is 1.24 bits per heavy atom. The van der Waals surface area contributed by atoms with Crippen molar-refractivity contribution in [1.82, 2.24) is 5.32 Å². The number of nitrogens with zero attached hydrogens (tertiary/aromatic N) is 1. The van der Waals surface area contributed by atoms with Crippen LogP contribution in [0.15, 0.2) is 18.2 Å². The first kappa shape index (κ1) is 16.1. The minimum absolute atomic E-state index is 0.124. The van der Waals surface area contributed by atoms with E-state index in [9.17, 15) is 17.6 Å². The van der Waals surface area contributed by atoms with Crippen LogP contribution in [0, 0.1) is 5.82 Å². The number of benzene rings is 1. The summed E-state index contributed by atoms with van der Waals surface area (Å²) in [6, 6.07) is 3.64. The summed E-state index contributed by atoms with van der Waals surface area (Å²) >= 11 is 0. The van der Waals surface area contributed by atoms with Gasteiger partial charge in [0, 0.05) is 30.9 Å². The fraction of sp³-hybridized carbons (Fsp3) is 0.600. The summed E-state index contributed by atoms with van der Waals surface area (Å²) < 4.78 is 51.9. The summed E-state index contributed by atoms with van der Waals surface area (Å²) in [4.78, 5) is 1.96. The van der Waals surface area contributed by atoms with E-state index in [4.69, 9.17) is 0 Å². The molecular weight excluding hydrogens is 284 g/mol. The highest BCUT2D eigenvalue weighted by molar-refractivity contribution is 5.51. The molecule has 0 aliphatic carbocycles. The Kier molecular flexibility index (Phi) is 4.76. The van der Waals surface area contributed by atoms with Gasteiger partial charge in [-0.2, -0.15) is 13.2 Å². The molecule has 0 bridgehead atoms. The summed E-state index contributed by atoms with van der Waals surface area (Å²) in [5, 5.41) is 3.39. The van der Waals surface area contributed by atoms with Gasteiger partial charge in [0.2, 0.25) is 0 Å². The summed E-state index contributed by atoms with van der Waals surface area (Å²) in [7, 11) is 0. The first-order chi connectivity index (χ1) is 9.86. The van der Waals surface area contributed by atoms with Crippen LogP contribution in [0.5, 0.6) is 0 Å². The Bertz CT molecular complexity index is 487. The van der Waals surface area contributed by atoms with Crippen LogP contribution in [-0.4, -0.2) is 25.2 Å². The minimum Gasteiger partial charge on any atom is -0.366 e. The fourth-order valence-electron chi connectivity index (χ4n) is 2.73. The largest absolute Gasteiger partial charge is 0.419 e. The van der Waals surface area contributed by atoms with Gasteiger partial charge in [-0.05, 0) is 31.0 Å². The number of rotatable bonds is 3. The molecule has 1 N–H and O–H groups in total. The van der Waals surface area contributed by atoms with E-state index in [0.29, 0.717) is 12.2 Å². The number of anilines is 1. The van der Waals surface area contributed by atoms with Crippen molar-refractivity contribution < 1.29 is 17.6 Å². The molecule has 2 unspecified atom stereocenters. The molecule has 2 atom stereocenters. The fourth-order valence-corrected chi connectivity index (χ4v) is 2.73. The molecule has 118 valence electrons. The molecule has 1 fully saturated rings. The summed E-state index contributed by atoms with van der Waals surface area (Å²) in [5.74, 6) is -1.22. The average Bonchev–Trinajstić information content (AvgIpc) is 2.46. The molecule has 1 aliphatic heterocycles. The molecule has 1 heterocycles.